The molecule has 2 rings (SSSR count). The third-order valence-corrected chi connectivity index (χ3v) is 5.17. The Hall–Kier alpha value is -2.34. The summed E-state index contributed by atoms with van der Waals surface area (Å²) in [4.78, 5) is 48.2. The molecule has 0 aromatic heterocycles. The quantitative estimate of drug-likeness (QED) is 0.356. The Kier molecular flexibility index (Phi) is 9.32. The van der Waals surface area contributed by atoms with Crippen molar-refractivity contribution in [3.63, 3.8) is 0 Å². The molecular weight excluding hydrogens is 464 g/mol. The van der Waals surface area contributed by atoms with Crippen LogP contribution in [-0.2, 0) is 23.7 Å². The minimum atomic E-state index is -1.36. The summed E-state index contributed by atoms with van der Waals surface area (Å²) in [7, 11) is 0.206. The van der Waals surface area contributed by atoms with Crippen molar-refractivity contribution in [3.05, 3.63) is 33.8 Å². The van der Waals surface area contributed by atoms with Crippen molar-refractivity contribution in [2.75, 3.05) is 13.6 Å². The van der Waals surface area contributed by atoms with E-state index in [0.29, 0.717) is 11.4 Å². The van der Waals surface area contributed by atoms with Gasteiger partial charge in [0, 0.05) is 5.02 Å². The number of hydrogen-bond acceptors (Lipinski definition) is 7. The number of carbonyl (C=O) groups is 4. The maximum atomic E-state index is 12.5. The van der Waals surface area contributed by atoms with Crippen molar-refractivity contribution in [2.45, 2.75) is 38.4 Å². The summed E-state index contributed by atoms with van der Waals surface area (Å²) in [6.45, 7) is 3.41. The highest BCUT2D eigenvalue weighted by Crippen LogP contribution is 2.21. The Balaban J connectivity index is 2.02. The van der Waals surface area contributed by atoms with E-state index >= 15 is 0 Å². The normalized spacial score (nSPS) is 17.6. The zero-order chi connectivity index (χ0) is 24.0. The Morgan fingerprint density at radius 1 is 1.25 bits per heavy atom. The highest BCUT2D eigenvalue weighted by atomic mass is 35.5. The van der Waals surface area contributed by atoms with Crippen LogP contribution in [-0.4, -0.2) is 67.7 Å². The zero-order valence-corrected chi connectivity index (χ0v) is 19.2. The highest BCUT2D eigenvalue weighted by molar-refractivity contribution is 6.51. The van der Waals surface area contributed by atoms with E-state index in [-0.39, 0.29) is 23.0 Å². The second-order valence-electron chi connectivity index (χ2n) is 7.58. The van der Waals surface area contributed by atoms with Crippen LogP contribution in [0.4, 0.5) is 0 Å². The lowest BCUT2D eigenvalue weighted by atomic mass is 9.74. The molecule has 1 saturated heterocycles. The van der Waals surface area contributed by atoms with Gasteiger partial charge < -0.3 is 30.4 Å². The first kappa shape index (κ1) is 25.9. The van der Waals surface area contributed by atoms with E-state index in [2.05, 4.69) is 16.0 Å². The summed E-state index contributed by atoms with van der Waals surface area (Å²) in [5.41, 5.74) is 0.119. The number of amides is 2. The van der Waals surface area contributed by atoms with Crippen molar-refractivity contribution in [2.24, 2.45) is 5.92 Å². The van der Waals surface area contributed by atoms with Crippen LogP contribution in [0.25, 0.3) is 0 Å². The average molecular weight is 488 g/mol. The minimum absolute atomic E-state index is 0.0843. The Bertz CT molecular complexity index is 886. The summed E-state index contributed by atoms with van der Waals surface area (Å²) in [5, 5.41) is 17.3. The van der Waals surface area contributed by atoms with Crippen LogP contribution in [0.5, 0.6) is 0 Å². The predicted molar refractivity (Wildman–Crippen MR) is 117 cm³/mol. The second-order valence-corrected chi connectivity index (χ2v) is 8.42. The van der Waals surface area contributed by atoms with E-state index < -0.39 is 49.0 Å². The molecule has 1 fully saturated rings. The largest absolute Gasteiger partial charge is 0.552 e. The first-order valence-corrected chi connectivity index (χ1v) is 10.6. The van der Waals surface area contributed by atoms with Gasteiger partial charge in [-0.25, -0.2) is 0 Å². The first-order chi connectivity index (χ1) is 15.0. The van der Waals surface area contributed by atoms with Crippen LogP contribution in [0.3, 0.4) is 0 Å². The van der Waals surface area contributed by atoms with Gasteiger partial charge in [-0.15, -0.1) is 0 Å². The number of aliphatic carboxylic acids is 1. The van der Waals surface area contributed by atoms with Crippen molar-refractivity contribution in [3.8, 4) is 0 Å². The van der Waals surface area contributed by atoms with E-state index in [1.54, 1.807) is 0 Å². The van der Waals surface area contributed by atoms with Crippen molar-refractivity contribution in [1.29, 1.82) is 0 Å². The van der Waals surface area contributed by atoms with Gasteiger partial charge in [0.05, 0.1) is 23.1 Å². The van der Waals surface area contributed by atoms with Crippen LogP contribution in [0.15, 0.2) is 18.2 Å². The standard InChI is InChI=1S/C19H24BCl2N3O7/c1-9(2)6-13(20-31-16(19(30)32-20)15(23-3)18(28)29)25-14(26)8-24-17(27)11-7-10(21)4-5-12(11)22/h4-5,7,9,13,15-16,23H,6,8H2,1-3H3,(H,24,27)(H,25,26)(H,28,29)/t13-,15+,16+/m0/s1. The molecule has 13 heteroatoms. The topological polar surface area (TPSA) is 143 Å². The fourth-order valence-corrected chi connectivity index (χ4v) is 3.51. The number of halogens is 2. The maximum Gasteiger partial charge on any atom is 0.552 e. The smallest absolute Gasteiger partial charge is 0.506 e. The number of benzene rings is 1. The molecule has 1 heterocycles. The molecular formula is C19H24BCl2N3O7. The van der Waals surface area contributed by atoms with Gasteiger partial charge in [0.1, 0.15) is 6.04 Å². The van der Waals surface area contributed by atoms with Gasteiger partial charge in [-0.1, -0.05) is 37.0 Å². The van der Waals surface area contributed by atoms with Crippen LogP contribution >= 0.6 is 23.2 Å². The number of carboxylic acid groups (broad SMARTS) is 1. The Morgan fingerprint density at radius 2 is 1.94 bits per heavy atom. The number of likely N-dealkylation sites (N-methyl/N-ethyl adjacent to an activating group) is 1. The Labute approximate surface area is 195 Å². The lowest BCUT2D eigenvalue weighted by molar-refractivity contribution is -0.148. The third kappa shape index (κ3) is 6.83. The SMILES string of the molecule is CN[C@@H](C(=O)O)[C@H]1OB([C@H](CC(C)C)NC(=O)CNC(=O)c2cc(Cl)ccc2Cl)OC1=O. The number of nitrogens with one attached hydrogen (secondary N) is 3. The summed E-state index contributed by atoms with van der Waals surface area (Å²) in [5.74, 6) is -3.94. The molecule has 0 bridgehead atoms. The van der Waals surface area contributed by atoms with E-state index in [1.165, 1.54) is 25.2 Å². The van der Waals surface area contributed by atoms with E-state index in [1.807, 2.05) is 13.8 Å². The fourth-order valence-electron chi connectivity index (χ4n) is 3.14. The lowest BCUT2D eigenvalue weighted by Gasteiger charge is -2.22. The second kappa shape index (κ2) is 11.5. The highest BCUT2D eigenvalue weighted by Gasteiger charge is 2.50. The predicted octanol–water partition coefficient (Wildman–Crippen LogP) is 0.896. The van der Waals surface area contributed by atoms with E-state index in [0.717, 1.165) is 0 Å². The van der Waals surface area contributed by atoms with E-state index in [9.17, 15) is 24.3 Å². The number of rotatable bonds is 10. The molecule has 174 valence electrons. The number of carboxylic acids is 1. The maximum absolute atomic E-state index is 12.5. The van der Waals surface area contributed by atoms with E-state index in [4.69, 9.17) is 32.5 Å². The number of carbonyl (C=O) groups excluding carboxylic acids is 3. The molecule has 0 radical (unpaired) electrons. The third-order valence-electron chi connectivity index (χ3n) is 4.61. The molecule has 32 heavy (non-hydrogen) atoms. The van der Waals surface area contributed by atoms with Gasteiger partial charge in [0.15, 0.2) is 6.10 Å². The molecule has 0 unspecified atom stereocenters. The van der Waals surface area contributed by atoms with Crippen molar-refractivity contribution in [1.82, 2.24) is 16.0 Å². The molecule has 1 aliphatic rings. The Morgan fingerprint density at radius 3 is 2.53 bits per heavy atom. The average Bonchev–Trinajstić information content (AvgIpc) is 3.09. The van der Waals surface area contributed by atoms with Crippen molar-refractivity contribution >= 4 is 54.1 Å². The first-order valence-electron chi connectivity index (χ1n) is 9.82. The fraction of sp³-hybridized carbons (Fsp3) is 0.474. The van der Waals surface area contributed by atoms with Crippen LogP contribution in [0, 0.1) is 5.92 Å². The van der Waals surface area contributed by atoms with Gasteiger partial charge in [-0.2, -0.15) is 0 Å². The molecule has 1 aromatic carbocycles. The van der Waals surface area contributed by atoms with Gasteiger partial charge in [-0.05, 0) is 37.6 Å². The van der Waals surface area contributed by atoms with Gasteiger partial charge in [-0.3, -0.25) is 19.2 Å². The molecule has 1 aromatic rings. The van der Waals surface area contributed by atoms with Gasteiger partial charge in [0.2, 0.25) is 5.91 Å². The minimum Gasteiger partial charge on any atom is -0.506 e. The van der Waals surface area contributed by atoms with Crippen molar-refractivity contribution < 1.29 is 33.6 Å². The van der Waals surface area contributed by atoms with Gasteiger partial charge in [0.25, 0.3) is 5.91 Å². The molecule has 10 nitrogen and oxygen atoms in total. The molecule has 3 atom stereocenters. The molecule has 0 saturated carbocycles. The number of hydrogen-bond donors (Lipinski definition) is 4. The zero-order valence-electron chi connectivity index (χ0n) is 17.7. The van der Waals surface area contributed by atoms with Crippen LogP contribution < -0.4 is 16.0 Å². The monoisotopic (exact) mass is 487 g/mol. The molecule has 4 N–H and O–H groups in total. The molecule has 0 aliphatic carbocycles. The molecule has 1 aliphatic heterocycles. The molecule has 2 amide bonds. The molecule has 0 spiro atoms. The summed E-state index contributed by atoms with van der Waals surface area (Å²) in [6.07, 6.45) is -0.986. The summed E-state index contributed by atoms with van der Waals surface area (Å²) in [6, 6.07) is 3.08. The van der Waals surface area contributed by atoms with Gasteiger partial charge >= 0.3 is 19.1 Å². The van der Waals surface area contributed by atoms with Crippen LogP contribution in [0.2, 0.25) is 10.0 Å². The lowest BCUT2D eigenvalue weighted by Crippen LogP contribution is -2.52. The van der Waals surface area contributed by atoms with Crippen LogP contribution in [0.1, 0.15) is 30.6 Å². The summed E-state index contributed by atoms with van der Waals surface area (Å²) >= 11 is 11.9. The summed E-state index contributed by atoms with van der Waals surface area (Å²) < 4.78 is 10.7.